The summed E-state index contributed by atoms with van der Waals surface area (Å²) < 4.78 is 0. The SMILES string of the molecule is N#Cc1ccccc1-c1ccc(CN2C(=O)N[C@]3(CCc4ccccc43)C2=O)cc1. The van der Waals surface area contributed by atoms with Gasteiger partial charge in [-0.1, -0.05) is 66.7 Å². The van der Waals surface area contributed by atoms with E-state index in [1.807, 2.05) is 66.7 Å². The van der Waals surface area contributed by atoms with Crippen LogP contribution in [0.2, 0.25) is 0 Å². The molecule has 5 rings (SSSR count). The number of aryl methyl sites for hydroxylation is 1. The zero-order valence-electron chi connectivity index (χ0n) is 16.3. The first-order valence-corrected chi connectivity index (χ1v) is 9.93. The van der Waals surface area contributed by atoms with Crippen LogP contribution in [-0.2, 0) is 23.3 Å². The summed E-state index contributed by atoms with van der Waals surface area (Å²) in [6.07, 6.45) is 1.38. The standard InChI is InChI=1S/C25H19N3O2/c26-15-20-6-1-3-7-21(20)18-11-9-17(10-12-18)16-28-23(29)25(27-24(28)30)14-13-19-5-2-4-8-22(19)25/h1-12H,13-14,16H2,(H,27,30)/t25-/m0/s1. The lowest BCUT2D eigenvalue weighted by atomic mass is 9.92. The Bertz CT molecular complexity index is 1210. The zero-order chi connectivity index (χ0) is 20.7. The van der Waals surface area contributed by atoms with E-state index in [0.717, 1.165) is 34.2 Å². The van der Waals surface area contributed by atoms with E-state index in [2.05, 4.69) is 11.4 Å². The van der Waals surface area contributed by atoms with Gasteiger partial charge in [-0.2, -0.15) is 5.26 Å². The third-order valence-corrected chi connectivity index (χ3v) is 6.08. The smallest absolute Gasteiger partial charge is 0.319 e. The second kappa shape index (κ2) is 6.85. The number of benzene rings is 3. The van der Waals surface area contributed by atoms with Crippen molar-refractivity contribution >= 4 is 11.9 Å². The Labute approximate surface area is 174 Å². The van der Waals surface area contributed by atoms with E-state index >= 15 is 0 Å². The molecule has 3 aromatic carbocycles. The Morgan fingerprint density at radius 1 is 0.967 bits per heavy atom. The summed E-state index contributed by atoms with van der Waals surface area (Å²) in [5.41, 5.74) is 4.36. The van der Waals surface area contributed by atoms with Gasteiger partial charge in [0, 0.05) is 0 Å². The Morgan fingerprint density at radius 3 is 2.50 bits per heavy atom. The second-order valence-electron chi connectivity index (χ2n) is 7.74. The summed E-state index contributed by atoms with van der Waals surface area (Å²) >= 11 is 0. The molecule has 0 aromatic heterocycles. The van der Waals surface area contributed by atoms with Crippen LogP contribution in [0.25, 0.3) is 11.1 Å². The molecular weight excluding hydrogens is 374 g/mol. The van der Waals surface area contributed by atoms with E-state index in [-0.39, 0.29) is 18.5 Å². The van der Waals surface area contributed by atoms with Crippen LogP contribution in [0, 0.1) is 11.3 Å². The summed E-state index contributed by atoms with van der Waals surface area (Å²) in [5, 5.41) is 12.3. The Kier molecular flexibility index (Phi) is 4.14. The van der Waals surface area contributed by atoms with Crippen molar-refractivity contribution in [2.45, 2.75) is 24.9 Å². The number of fused-ring (bicyclic) bond motifs is 2. The zero-order valence-corrected chi connectivity index (χ0v) is 16.3. The van der Waals surface area contributed by atoms with E-state index in [9.17, 15) is 14.9 Å². The average Bonchev–Trinajstić information content (AvgIpc) is 3.27. The minimum atomic E-state index is -0.931. The molecule has 30 heavy (non-hydrogen) atoms. The molecule has 0 bridgehead atoms. The van der Waals surface area contributed by atoms with Gasteiger partial charge in [0.2, 0.25) is 0 Å². The van der Waals surface area contributed by atoms with Crippen LogP contribution in [0.1, 0.15) is 28.7 Å². The molecule has 2 aliphatic rings. The number of imide groups is 1. The van der Waals surface area contributed by atoms with Crippen molar-refractivity contribution in [3.05, 3.63) is 95.1 Å². The fraction of sp³-hybridized carbons (Fsp3) is 0.160. The predicted molar refractivity (Wildman–Crippen MR) is 112 cm³/mol. The number of nitriles is 1. The van der Waals surface area contributed by atoms with Gasteiger partial charge in [-0.15, -0.1) is 0 Å². The van der Waals surface area contributed by atoms with Crippen molar-refractivity contribution in [1.82, 2.24) is 10.2 Å². The van der Waals surface area contributed by atoms with Crippen LogP contribution in [0.5, 0.6) is 0 Å². The van der Waals surface area contributed by atoms with Crippen LogP contribution in [0.4, 0.5) is 4.79 Å². The van der Waals surface area contributed by atoms with E-state index < -0.39 is 5.54 Å². The van der Waals surface area contributed by atoms with E-state index in [1.165, 1.54) is 4.90 Å². The minimum Gasteiger partial charge on any atom is -0.319 e. The van der Waals surface area contributed by atoms with Gasteiger partial charge in [-0.3, -0.25) is 9.69 Å². The first-order valence-electron chi connectivity index (χ1n) is 9.93. The van der Waals surface area contributed by atoms with Gasteiger partial charge in [0.1, 0.15) is 5.54 Å². The highest BCUT2D eigenvalue weighted by atomic mass is 16.2. The highest BCUT2D eigenvalue weighted by Crippen LogP contribution is 2.41. The Hall–Kier alpha value is -3.91. The van der Waals surface area contributed by atoms with Crippen LogP contribution < -0.4 is 5.32 Å². The van der Waals surface area contributed by atoms with Crippen molar-refractivity contribution < 1.29 is 9.59 Å². The maximum atomic E-state index is 13.3. The molecule has 5 nitrogen and oxygen atoms in total. The molecule has 1 aliphatic carbocycles. The monoisotopic (exact) mass is 393 g/mol. The van der Waals surface area contributed by atoms with E-state index in [4.69, 9.17) is 0 Å². The number of rotatable bonds is 3. The maximum absolute atomic E-state index is 13.3. The predicted octanol–water partition coefficient (Wildman–Crippen LogP) is 4.12. The number of nitrogens with zero attached hydrogens (tertiary/aromatic N) is 2. The molecule has 1 N–H and O–H groups in total. The molecule has 1 heterocycles. The van der Waals surface area contributed by atoms with Crippen LogP contribution >= 0.6 is 0 Å². The molecule has 3 aromatic rings. The number of nitrogens with one attached hydrogen (secondary N) is 1. The fourth-order valence-corrected chi connectivity index (χ4v) is 4.54. The first-order chi connectivity index (χ1) is 14.6. The quantitative estimate of drug-likeness (QED) is 0.681. The molecule has 1 spiro atoms. The van der Waals surface area contributed by atoms with Crippen LogP contribution in [0.3, 0.4) is 0 Å². The van der Waals surface area contributed by atoms with Crippen LogP contribution in [-0.4, -0.2) is 16.8 Å². The van der Waals surface area contributed by atoms with Gasteiger partial charge < -0.3 is 5.32 Å². The highest BCUT2D eigenvalue weighted by molar-refractivity contribution is 6.08. The van der Waals surface area contributed by atoms with Gasteiger partial charge in [0.25, 0.3) is 5.91 Å². The van der Waals surface area contributed by atoms with Crippen molar-refractivity contribution in [2.75, 3.05) is 0 Å². The van der Waals surface area contributed by atoms with Gasteiger partial charge >= 0.3 is 6.03 Å². The summed E-state index contributed by atoms with van der Waals surface area (Å²) in [5.74, 6) is -0.184. The third-order valence-electron chi connectivity index (χ3n) is 6.08. The molecule has 146 valence electrons. The first kappa shape index (κ1) is 18.1. The average molecular weight is 393 g/mol. The summed E-state index contributed by atoms with van der Waals surface area (Å²) in [4.78, 5) is 27.3. The molecule has 0 radical (unpaired) electrons. The Balaban J connectivity index is 1.40. The fourth-order valence-electron chi connectivity index (χ4n) is 4.54. The van der Waals surface area contributed by atoms with E-state index in [1.54, 1.807) is 6.07 Å². The van der Waals surface area contributed by atoms with Crippen molar-refractivity contribution in [3.8, 4) is 17.2 Å². The number of hydrogen-bond donors (Lipinski definition) is 1. The van der Waals surface area contributed by atoms with Gasteiger partial charge in [0.15, 0.2) is 0 Å². The second-order valence-corrected chi connectivity index (χ2v) is 7.74. The molecule has 1 aliphatic heterocycles. The van der Waals surface area contributed by atoms with Gasteiger partial charge in [0.05, 0.1) is 18.2 Å². The van der Waals surface area contributed by atoms with Crippen LogP contribution in [0.15, 0.2) is 72.8 Å². The minimum absolute atomic E-state index is 0.184. The summed E-state index contributed by atoms with van der Waals surface area (Å²) in [6, 6.07) is 24.8. The molecule has 1 atom stereocenters. The summed E-state index contributed by atoms with van der Waals surface area (Å²) in [6.45, 7) is 0.217. The lowest BCUT2D eigenvalue weighted by Crippen LogP contribution is -2.41. The maximum Gasteiger partial charge on any atom is 0.325 e. The molecule has 5 heteroatoms. The number of amides is 3. The van der Waals surface area contributed by atoms with Gasteiger partial charge in [-0.05, 0) is 46.7 Å². The third kappa shape index (κ3) is 2.69. The van der Waals surface area contributed by atoms with E-state index in [0.29, 0.717) is 12.0 Å². The molecule has 1 fully saturated rings. The van der Waals surface area contributed by atoms with Crippen molar-refractivity contribution in [2.24, 2.45) is 0 Å². The largest absolute Gasteiger partial charge is 0.325 e. The van der Waals surface area contributed by atoms with Gasteiger partial charge in [-0.25, -0.2) is 4.79 Å². The highest BCUT2D eigenvalue weighted by Gasteiger charge is 2.55. The molecule has 0 unspecified atom stereocenters. The Morgan fingerprint density at radius 2 is 1.70 bits per heavy atom. The number of carbonyl (C=O) groups excluding carboxylic acids is 2. The van der Waals surface area contributed by atoms with Crippen molar-refractivity contribution in [1.29, 1.82) is 5.26 Å². The normalized spacial score (nSPS) is 19.6. The molecule has 1 saturated heterocycles. The lowest BCUT2D eigenvalue weighted by Gasteiger charge is -2.22. The number of carbonyl (C=O) groups is 2. The topological polar surface area (TPSA) is 73.2 Å². The number of hydrogen-bond acceptors (Lipinski definition) is 3. The van der Waals surface area contributed by atoms with Crippen molar-refractivity contribution in [3.63, 3.8) is 0 Å². The summed E-state index contributed by atoms with van der Waals surface area (Å²) in [7, 11) is 0. The lowest BCUT2D eigenvalue weighted by molar-refractivity contribution is -0.132. The molecule has 0 saturated carbocycles. The molecular formula is C25H19N3O2. The number of urea groups is 1. The molecule has 3 amide bonds.